The van der Waals surface area contributed by atoms with Gasteiger partial charge in [0, 0.05) is 25.0 Å². The lowest BCUT2D eigenvalue weighted by atomic mass is 9.77. The lowest BCUT2D eigenvalue weighted by molar-refractivity contribution is 0.184. The zero-order valence-corrected chi connectivity index (χ0v) is 14.1. The fourth-order valence-electron chi connectivity index (χ4n) is 3.59. The number of pyridine rings is 1. The van der Waals surface area contributed by atoms with Gasteiger partial charge in [-0.05, 0) is 67.8 Å². The van der Waals surface area contributed by atoms with Gasteiger partial charge in [-0.1, -0.05) is 20.8 Å². The van der Waals surface area contributed by atoms with Gasteiger partial charge in [-0.15, -0.1) is 0 Å². The number of hydrogen-bond donors (Lipinski definition) is 1. The average Bonchev–Trinajstić information content (AvgIpc) is 2.67. The summed E-state index contributed by atoms with van der Waals surface area (Å²) in [7, 11) is 0. The summed E-state index contributed by atoms with van der Waals surface area (Å²) >= 11 is 0. The largest absolute Gasteiger partial charge is 0.329 e. The van der Waals surface area contributed by atoms with E-state index >= 15 is 0 Å². The van der Waals surface area contributed by atoms with Gasteiger partial charge in [0.05, 0.1) is 0 Å². The van der Waals surface area contributed by atoms with Crippen molar-refractivity contribution in [3.8, 4) is 0 Å². The predicted octanol–water partition coefficient (Wildman–Crippen LogP) is 3.54. The van der Waals surface area contributed by atoms with Gasteiger partial charge >= 0.3 is 0 Å². The number of nitrogens with zero attached hydrogens (tertiary/aromatic N) is 2. The first kappa shape index (κ1) is 16.4. The smallest absolute Gasteiger partial charge is 0.0488 e. The van der Waals surface area contributed by atoms with Gasteiger partial charge in [-0.3, -0.25) is 9.88 Å². The van der Waals surface area contributed by atoms with E-state index in [1.54, 1.807) is 0 Å². The van der Waals surface area contributed by atoms with Crippen LogP contribution in [0, 0.1) is 18.3 Å². The van der Waals surface area contributed by atoms with Crippen LogP contribution in [0.1, 0.15) is 57.2 Å². The number of aryl methyl sites for hydroxylation is 1. The SMILES string of the molecule is Cc1ccncc1C(CN)N1CCCC(C(C)(C)C)CC1. The molecule has 118 valence electrons. The first-order valence-electron chi connectivity index (χ1n) is 8.28. The standard InChI is InChI=1S/C18H31N3/c1-14-7-9-20-13-16(14)17(12-19)21-10-5-6-15(8-11-21)18(2,3)4/h7,9,13,15,17H,5-6,8,10-12,19H2,1-4H3. The van der Waals surface area contributed by atoms with Crippen molar-refractivity contribution < 1.29 is 0 Å². The monoisotopic (exact) mass is 289 g/mol. The second-order valence-corrected chi connectivity index (χ2v) is 7.51. The molecule has 1 fully saturated rings. The lowest BCUT2D eigenvalue weighted by Gasteiger charge is -2.32. The maximum atomic E-state index is 6.11. The quantitative estimate of drug-likeness (QED) is 0.925. The van der Waals surface area contributed by atoms with Crippen LogP contribution in [0.4, 0.5) is 0 Å². The third kappa shape index (κ3) is 4.04. The molecular weight excluding hydrogens is 258 g/mol. The van der Waals surface area contributed by atoms with Gasteiger partial charge in [0.25, 0.3) is 0 Å². The molecule has 21 heavy (non-hydrogen) atoms. The summed E-state index contributed by atoms with van der Waals surface area (Å²) in [5, 5.41) is 0. The minimum atomic E-state index is 0.317. The highest BCUT2D eigenvalue weighted by molar-refractivity contribution is 5.25. The highest BCUT2D eigenvalue weighted by atomic mass is 15.2. The van der Waals surface area contributed by atoms with E-state index < -0.39 is 0 Å². The number of aromatic nitrogens is 1. The summed E-state index contributed by atoms with van der Waals surface area (Å²) in [6, 6.07) is 2.41. The van der Waals surface area contributed by atoms with Gasteiger partial charge in [0.15, 0.2) is 0 Å². The van der Waals surface area contributed by atoms with Gasteiger partial charge in [-0.2, -0.15) is 0 Å². The van der Waals surface area contributed by atoms with E-state index in [0.717, 1.165) is 19.0 Å². The second-order valence-electron chi connectivity index (χ2n) is 7.51. The van der Waals surface area contributed by atoms with E-state index in [2.05, 4.69) is 43.6 Å². The van der Waals surface area contributed by atoms with Crippen molar-refractivity contribution in [1.29, 1.82) is 0 Å². The molecule has 0 bridgehead atoms. The molecule has 1 aromatic heterocycles. The van der Waals surface area contributed by atoms with Crippen LogP contribution in [0.15, 0.2) is 18.5 Å². The van der Waals surface area contributed by atoms with Gasteiger partial charge in [0.2, 0.25) is 0 Å². The fraction of sp³-hybridized carbons (Fsp3) is 0.722. The molecule has 3 heteroatoms. The second kappa shape index (κ2) is 6.89. The Bertz CT molecular complexity index is 450. The summed E-state index contributed by atoms with van der Waals surface area (Å²) in [5.41, 5.74) is 9.12. The molecule has 0 spiro atoms. The van der Waals surface area contributed by atoms with E-state index in [4.69, 9.17) is 5.73 Å². The van der Waals surface area contributed by atoms with Gasteiger partial charge in [-0.25, -0.2) is 0 Å². The van der Waals surface area contributed by atoms with Crippen molar-refractivity contribution in [3.05, 3.63) is 29.6 Å². The molecule has 0 radical (unpaired) electrons. The average molecular weight is 289 g/mol. The summed E-state index contributed by atoms with van der Waals surface area (Å²) in [4.78, 5) is 6.88. The van der Waals surface area contributed by atoms with Crippen LogP contribution in [-0.2, 0) is 0 Å². The van der Waals surface area contributed by atoms with Crippen LogP contribution < -0.4 is 5.73 Å². The molecule has 0 aliphatic carbocycles. The van der Waals surface area contributed by atoms with Crippen LogP contribution in [0.5, 0.6) is 0 Å². The Balaban J connectivity index is 2.11. The highest BCUT2D eigenvalue weighted by Gasteiger charge is 2.29. The molecule has 2 rings (SSSR count). The van der Waals surface area contributed by atoms with E-state index in [-0.39, 0.29) is 0 Å². The molecule has 1 aliphatic heterocycles. The van der Waals surface area contributed by atoms with Crippen molar-refractivity contribution in [2.24, 2.45) is 17.1 Å². The van der Waals surface area contributed by atoms with Crippen LogP contribution >= 0.6 is 0 Å². The minimum Gasteiger partial charge on any atom is -0.329 e. The molecule has 0 saturated carbocycles. The molecule has 3 nitrogen and oxygen atoms in total. The van der Waals surface area contributed by atoms with Gasteiger partial charge < -0.3 is 5.73 Å². The Morgan fingerprint density at radius 1 is 1.33 bits per heavy atom. The Labute approximate surface area is 129 Å². The van der Waals surface area contributed by atoms with Gasteiger partial charge in [0.1, 0.15) is 0 Å². The Kier molecular flexibility index (Phi) is 5.39. The summed E-state index contributed by atoms with van der Waals surface area (Å²) in [6.45, 7) is 12.3. The minimum absolute atomic E-state index is 0.317. The van der Waals surface area contributed by atoms with E-state index in [9.17, 15) is 0 Å². The highest BCUT2D eigenvalue weighted by Crippen LogP contribution is 2.36. The fourth-order valence-corrected chi connectivity index (χ4v) is 3.59. The summed E-state index contributed by atoms with van der Waals surface area (Å²) < 4.78 is 0. The maximum absolute atomic E-state index is 6.11. The number of hydrogen-bond acceptors (Lipinski definition) is 3. The predicted molar refractivity (Wildman–Crippen MR) is 89.1 cm³/mol. The molecule has 2 heterocycles. The molecule has 1 saturated heterocycles. The van der Waals surface area contributed by atoms with Crippen molar-refractivity contribution in [2.75, 3.05) is 19.6 Å². The number of likely N-dealkylation sites (tertiary alicyclic amines) is 1. The summed E-state index contributed by atoms with van der Waals surface area (Å²) in [6.07, 6.45) is 7.75. The molecule has 1 aliphatic rings. The van der Waals surface area contributed by atoms with Crippen molar-refractivity contribution in [3.63, 3.8) is 0 Å². The molecule has 0 amide bonds. The van der Waals surface area contributed by atoms with Crippen LogP contribution in [0.3, 0.4) is 0 Å². The molecule has 2 N–H and O–H groups in total. The summed E-state index contributed by atoms with van der Waals surface area (Å²) in [5.74, 6) is 0.816. The first-order chi connectivity index (χ1) is 9.93. The molecule has 2 unspecified atom stereocenters. The Morgan fingerprint density at radius 3 is 2.71 bits per heavy atom. The molecule has 1 aromatic rings. The van der Waals surface area contributed by atoms with Crippen LogP contribution in [0.2, 0.25) is 0 Å². The van der Waals surface area contributed by atoms with Crippen molar-refractivity contribution in [2.45, 2.75) is 53.0 Å². The maximum Gasteiger partial charge on any atom is 0.0488 e. The van der Waals surface area contributed by atoms with Crippen LogP contribution in [-0.4, -0.2) is 29.5 Å². The van der Waals surface area contributed by atoms with E-state index in [1.807, 2.05) is 12.4 Å². The van der Waals surface area contributed by atoms with Crippen LogP contribution in [0.25, 0.3) is 0 Å². The molecule has 2 atom stereocenters. The first-order valence-corrected chi connectivity index (χ1v) is 8.28. The Hall–Kier alpha value is -0.930. The zero-order chi connectivity index (χ0) is 15.5. The third-order valence-electron chi connectivity index (χ3n) is 5.09. The lowest BCUT2D eigenvalue weighted by Crippen LogP contribution is -2.35. The third-order valence-corrected chi connectivity index (χ3v) is 5.09. The number of nitrogens with two attached hydrogens (primary N) is 1. The number of rotatable bonds is 3. The topological polar surface area (TPSA) is 42.1 Å². The Morgan fingerprint density at radius 2 is 2.10 bits per heavy atom. The van der Waals surface area contributed by atoms with Crippen molar-refractivity contribution in [1.82, 2.24) is 9.88 Å². The van der Waals surface area contributed by atoms with E-state index in [1.165, 1.54) is 30.4 Å². The molecular formula is C18H31N3. The molecule has 0 aromatic carbocycles. The van der Waals surface area contributed by atoms with E-state index in [0.29, 0.717) is 18.0 Å². The normalized spacial score (nSPS) is 22.8. The van der Waals surface area contributed by atoms with Crippen molar-refractivity contribution >= 4 is 0 Å². The zero-order valence-electron chi connectivity index (χ0n) is 14.1.